The van der Waals surface area contributed by atoms with Gasteiger partial charge in [-0.25, -0.2) is 0 Å². The lowest BCUT2D eigenvalue weighted by molar-refractivity contribution is -0.125. The molecule has 0 aliphatic rings. The zero-order valence-corrected chi connectivity index (χ0v) is 14.4. The van der Waals surface area contributed by atoms with Crippen molar-refractivity contribution in [2.45, 2.75) is 72.6 Å². The van der Waals surface area contributed by atoms with Gasteiger partial charge < -0.3 is 0 Å². The van der Waals surface area contributed by atoms with Crippen LogP contribution >= 0.6 is 0 Å². The van der Waals surface area contributed by atoms with Gasteiger partial charge in [-0.2, -0.15) is 0 Å². The van der Waals surface area contributed by atoms with E-state index < -0.39 is 0 Å². The minimum atomic E-state index is -0.272. The van der Waals surface area contributed by atoms with Crippen LogP contribution in [-0.4, -0.2) is 5.78 Å². The molecule has 1 rings (SSSR count). The first-order valence-corrected chi connectivity index (χ1v) is 7.48. The molecule has 0 unspecified atom stereocenters. The molecule has 0 amide bonds. The first kappa shape index (κ1) is 16.9. The average molecular weight is 274 g/mol. The van der Waals surface area contributed by atoms with Gasteiger partial charge in [0.05, 0.1) is 0 Å². The van der Waals surface area contributed by atoms with Crippen molar-refractivity contribution in [1.29, 1.82) is 0 Å². The molecule has 0 atom stereocenters. The summed E-state index contributed by atoms with van der Waals surface area (Å²) in [5, 5.41) is 0. The van der Waals surface area contributed by atoms with Crippen LogP contribution in [0.4, 0.5) is 0 Å². The summed E-state index contributed by atoms with van der Waals surface area (Å²) in [5.74, 6) is 0.261. The van der Waals surface area contributed by atoms with Crippen molar-refractivity contribution in [2.24, 2.45) is 5.41 Å². The number of carbonyl (C=O) groups is 1. The molecule has 0 aliphatic heterocycles. The Balaban J connectivity index is 3.02. The number of carbonyl (C=O) groups excluding carboxylic acids is 1. The van der Waals surface area contributed by atoms with Gasteiger partial charge in [-0.05, 0) is 35.3 Å². The van der Waals surface area contributed by atoms with Crippen molar-refractivity contribution in [3.05, 3.63) is 35.4 Å². The standard InChI is InChI=1S/C19H30O/c1-14(20)18(5,6)13-19(7,8)16-11-9-15(10-12-16)17(2,3)4/h9-12H,13H2,1-8H3. The van der Waals surface area contributed by atoms with Crippen LogP contribution in [0.1, 0.15) is 72.9 Å². The average Bonchev–Trinajstić information content (AvgIpc) is 2.26. The van der Waals surface area contributed by atoms with Gasteiger partial charge in [0.2, 0.25) is 0 Å². The SMILES string of the molecule is CC(=O)C(C)(C)CC(C)(C)c1ccc(C(C)(C)C)cc1. The van der Waals surface area contributed by atoms with Crippen LogP contribution in [-0.2, 0) is 15.6 Å². The molecule has 0 N–H and O–H groups in total. The lowest BCUT2D eigenvalue weighted by atomic mass is 9.69. The molecule has 1 aromatic carbocycles. The number of hydrogen-bond donors (Lipinski definition) is 0. The maximum absolute atomic E-state index is 11.8. The number of benzene rings is 1. The molecule has 0 fully saturated rings. The Kier molecular flexibility index (Phi) is 4.53. The van der Waals surface area contributed by atoms with E-state index >= 15 is 0 Å². The van der Waals surface area contributed by atoms with E-state index in [0.29, 0.717) is 0 Å². The fourth-order valence-corrected chi connectivity index (χ4v) is 2.75. The largest absolute Gasteiger partial charge is 0.299 e. The number of rotatable bonds is 4. The molecule has 0 saturated heterocycles. The second-order valence-electron chi connectivity index (χ2n) is 8.33. The first-order chi connectivity index (χ1) is 8.86. The van der Waals surface area contributed by atoms with Crippen molar-refractivity contribution in [3.8, 4) is 0 Å². The molecular weight excluding hydrogens is 244 g/mol. The molecule has 0 aromatic heterocycles. The molecule has 0 spiro atoms. The molecule has 1 heteroatoms. The first-order valence-electron chi connectivity index (χ1n) is 7.48. The van der Waals surface area contributed by atoms with Gasteiger partial charge in [-0.3, -0.25) is 4.79 Å². The summed E-state index contributed by atoms with van der Waals surface area (Å²) in [6.07, 6.45) is 0.865. The topological polar surface area (TPSA) is 17.1 Å². The van der Waals surface area contributed by atoms with E-state index in [2.05, 4.69) is 58.9 Å². The fraction of sp³-hybridized carbons (Fsp3) is 0.632. The zero-order valence-electron chi connectivity index (χ0n) is 14.4. The lowest BCUT2D eigenvalue weighted by Crippen LogP contribution is -2.31. The summed E-state index contributed by atoms with van der Waals surface area (Å²) in [7, 11) is 0. The van der Waals surface area contributed by atoms with Gasteiger partial charge in [0.25, 0.3) is 0 Å². The van der Waals surface area contributed by atoms with Gasteiger partial charge in [-0.1, -0.05) is 72.7 Å². The van der Waals surface area contributed by atoms with Crippen LogP contribution in [0.5, 0.6) is 0 Å². The predicted molar refractivity (Wildman–Crippen MR) is 87.2 cm³/mol. The van der Waals surface area contributed by atoms with Gasteiger partial charge in [0.15, 0.2) is 0 Å². The maximum atomic E-state index is 11.8. The van der Waals surface area contributed by atoms with Crippen LogP contribution in [0.3, 0.4) is 0 Å². The van der Waals surface area contributed by atoms with E-state index in [9.17, 15) is 4.79 Å². The molecule has 1 aromatic rings. The summed E-state index contributed by atoms with van der Waals surface area (Å²) in [6.45, 7) is 16.9. The number of hydrogen-bond acceptors (Lipinski definition) is 1. The highest BCUT2D eigenvalue weighted by molar-refractivity contribution is 5.81. The number of Topliss-reactive ketones (excluding diaryl/α,β-unsaturated/α-hetero) is 1. The van der Waals surface area contributed by atoms with Crippen LogP contribution in [0.15, 0.2) is 24.3 Å². The normalized spacial score (nSPS) is 13.4. The van der Waals surface area contributed by atoms with Gasteiger partial charge in [0, 0.05) is 5.41 Å². The van der Waals surface area contributed by atoms with Crippen LogP contribution in [0.2, 0.25) is 0 Å². The summed E-state index contributed by atoms with van der Waals surface area (Å²) in [6, 6.07) is 8.88. The van der Waals surface area contributed by atoms with Crippen LogP contribution in [0.25, 0.3) is 0 Å². The predicted octanol–water partition coefficient (Wildman–Crippen LogP) is 5.27. The fourth-order valence-electron chi connectivity index (χ4n) is 2.75. The van der Waals surface area contributed by atoms with Crippen LogP contribution in [0, 0.1) is 5.41 Å². The van der Waals surface area contributed by atoms with E-state index in [1.54, 1.807) is 6.92 Å². The summed E-state index contributed by atoms with van der Waals surface area (Å²) < 4.78 is 0. The van der Waals surface area contributed by atoms with Crippen molar-refractivity contribution in [3.63, 3.8) is 0 Å². The minimum absolute atomic E-state index is 0.00554. The lowest BCUT2D eigenvalue weighted by Gasteiger charge is -2.34. The smallest absolute Gasteiger partial charge is 0.135 e. The highest BCUT2D eigenvalue weighted by Gasteiger charge is 2.33. The Morgan fingerprint density at radius 2 is 1.25 bits per heavy atom. The second kappa shape index (κ2) is 5.35. The molecule has 1 nitrogen and oxygen atoms in total. The summed E-state index contributed by atoms with van der Waals surface area (Å²) >= 11 is 0. The maximum Gasteiger partial charge on any atom is 0.135 e. The third-order valence-corrected chi connectivity index (χ3v) is 4.37. The van der Waals surface area contributed by atoms with Crippen molar-refractivity contribution in [2.75, 3.05) is 0 Å². The van der Waals surface area contributed by atoms with Crippen molar-refractivity contribution in [1.82, 2.24) is 0 Å². The zero-order chi connectivity index (χ0) is 15.8. The highest BCUT2D eigenvalue weighted by Crippen LogP contribution is 2.37. The Morgan fingerprint density at radius 1 is 0.850 bits per heavy atom. The molecule has 0 aliphatic carbocycles. The molecule has 0 saturated carbocycles. The third kappa shape index (κ3) is 3.94. The Labute approximate surface area is 124 Å². The molecule has 0 radical (unpaired) electrons. The third-order valence-electron chi connectivity index (χ3n) is 4.37. The molecule has 0 bridgehead atoms. The molecule has 20 heavy (non-hydrogen) atoms. The molecule has 0 heterocycles. The van der Waals surface area contributed by atoms with Gasteiger partial charge >= 0.3 is 0 Å². The monoisotopic (exact) mass is 274 g/mol. The summed E-state index contributed by atoms with van der Waals surface area (Å²) in [4.78, 5) is 11.8. The van der Waals surface area contributed by atoms with E-state index in [1.807, 2.05) is 13.8 Å². The van der Waals surface area contributed by atoms with E-state index in [1.165, 1.54) is 11.1 Å². The quantitative estimate of drug-likeness (QED) is 0.731. The van der Waals surface area contributed by atoms with E-state index in [4.69, 9.17) is 0 Å². The minimum Gasteiger partial charge on any atom is -0.299 e. The van der Waals surface area contributed by atoms with E-state index in [-0.39, 0.29) is 22.0 Å². The summed E-state index contributed by atoms with van der Waals surface area (Å²) in [5.41, 5.74) is 2.57. The molecular formula is C19H30O. The Morgan fingerprint density at radius 3 is 1.60 bits per heavy atom. The number of ketones is 1. The van der Waals surface area contributed by atoms with Crippen LogP contribution < -0.4 is 0 Å². The highest BCUT2D eigenvalue weighted by atomic mass is 16.1. The van der Waals surface area contributed by atoms with Crippen molar-refractivity contribution < 1.29 is 4.79 Å². The molecule has 112 valence electrons. The van der Waals surface area contributed by atoms with Crippen molar-refractivity contribution >= 4 is 5.78 Å². The Bertz CT molecular complexity index is 469. The second-order valence-corrected chi connectivity index (χ2v) is 8.33. The van der Waals surface area contributed by atoms with Gasteiger partial charge in [-0.15, -0.1) is 0 Å². The van der Waals surface area contributed by atoms with E-state index in [0.717, 1.165) is 6.42 Å². The van der Waals surface area contributed by atoms with Gasteiger partial charge in [0.1, 0.15) is 5.78 Å². The Hall–Kier alpha value is -1.11.